The van der Waals surface area contributed by atoms with Gasteiger partial charge in [0, 0.05) is 12.5 Å². The second-order valence-electron chi connectivity index (χ2n) is 7.26. The summed E-state index contributed by atoms with van der Waals surface area (Å²) < 4.78 is 17.0. The Morgan fingerprint density at radius 3 is 2.88 bits per heavy atom. The highest BCUT2D eigenvalue weighted by Crippen LogP contribution is 2.25. The Balaban J connectivity index is 1.45. The molecule has 1 N–H and O–H groups in total. The van der Waals surface area contributed by atoms with Crippen molar-refractivity contribution in [2.75, 3.05) is 7.11 Å². The van der Waals surface area contributed by atoms with Gasteiger partial charge in [0.05, 0.1) is 19.0 Å². The number of hydrogen-bond donors (Lipinski definition) is 1. The molecule has 1 fully saturated rings. The molecule has 162 valence electrons. The third kappa shape index (κ3) is 3.53. The summed E-state index contributed by atoms with van der Waals surface area (Å²) >= 11 is 0. The van der Waals surface area contributed by atoms with E-state index in [0.717, 1.165) is 5.56 Å². The van der Waals surface area contributed by atoms with Crippen LogP contribution in [-0.2, 0) is 16.0 Å². The lowest BCUT2D eigenvalue weighted by Gasteiger charge is -2.21. The maximum Gasteiger partial charge on any atom is 0.420 e. The number of aromatic nitrogens is 4. The number of benzene rings is 1. The minimum atomic E-state index is -0.814. The molecule has 3 aromatic heterocycles. The maximum atomic E-state index is 12.4. The van der Waals surface area contributed by atoms with E-state index in [0.29, 0.717) is 40.8 Å². The number of oxazole rings is 1. The minimum Gasteiger partial charge on any atom is -0.481 e. The number of ether oxygens (including phenoxy) is 1. The number of imide groups is 1. The number of hydrogen-bond acceptors (Lipinski definition) is 9. The van der Waals surface area contributed by atoms with Gasteiger partial charge >= 0.3 is 5.76 Å². The molecule has 0 radical (unpaired) electrons. The molecule has 0 saturated carbocycles. The highest BCUT2D eigenvalue weighted by Gasteiger charge is 2.31. The first kappa shape index (κ1) is 19.7. The minimum absolute atomic E-state index is 0.151. The lowest BCUT2D eigenvalue weighted by molar-refractivity contribution is -0.135. The van der Waals surface area contributed by atoms with Crippen molar-refractivity contribution in [3.63, 3.8) is 0 Å². The predicted molar refractivity (Wildman–Crippen MR) is 109 cm³/mol. The quantitative estimate of drug-likeness (QED) is 0.463. The van der Waals surface area contributed by atoms with Gasteiger partial charge < -0.3 is 13.7 Å². The monoisotopic (exact) mass is 435 g/mol. The molecule has 0 bridgehead atoms. The van der Waals surface area contributed by atoms with Crippen molar-refractivity contribution in [1.82, 2.24) is 25.0 Å². The average molecular weight is 435 g/mol. The average Bonchev–Trinajstić information content (AvgIpc) is 3.38. The van der Waals surface area contributed by atoms with Crippen molar-refractivity contribution < 1.29 is 23.3 Å². The molecule has 2 amide bonds. The van der Waals surface area contributed by atoms with Crippen molar-refractivity contribution in [2.24, 2.45) is 0 Å². The molecule has 1 aromatic carbocycles. The van der Waals surface area contributed by atoms with Crippen LogP contribution >= 0.6 is 0 Å². The SMILES string of the molecule is COc1cccc(-c2noc(Cc3ccc4oc(=O)n(C5CCC(=O)NC5=O)c4c3)n2)n1. The summed E-state index contributed by atoms with van der Waals surface area (Å²) in [6.07, 6.45) is 0.671. The highest BCUT2D eigenvalue weighted by molar-refractivity contribution is 6.00. The van der Waals surface area contributed by atoms with Gasteiger partial charge in [-0.3, -0.25) is 19.5 Å². The summed E-state index contributed by atoms with van der Waals surface area (Å²) in [6.45, 7) is 0. The molecule has 1 aliphatic heterocycles. The van der Waals surface area contributed by atoms with Crippen LogP contribution in [0.5, 0.6) is 5.88 Å². The molecule has 11 nitrogen and oxygen atoms in total. The van der Waals surface area contributed by atoms with Gasteiger partial charge in [0.1, 0.15) is 11.7 Å². The van der Waals surface area contributed by atoms with Crippen LogP contribution in [0.2, 0.25) is 0 Å². The standard InChI is InChI=1S/C21H17N5O6/c1-30-17-4-2-3-12(22-17)19-24-18(32-25-19)10-11-5-7-15-14(9-11)26(21(29)31-15)13-6-8-16(27)23-20(13)28/h2-5,7,9,13H,6,8,10H2,1H3,(H,23,27,28). The lowest BCUT2D eigenvalue weighted by atomic mass is 10.1. The molecule has 1 aliphatic rings. The first-order chi connectivity index (χ1) is 15.5. The Morgan fingerprint density at radius 1 is 1.19 bits per heavy atom. The maximum absolute atomic E-state index is 12.4. The molecule has 0 aliphatic carbocycles. The number of nitrogens with zero attached hydrogens (tertiary/aromatic N) is 4. The summed E-state index contributed by atoms with van der Waals surface area (Å²) in [6, 6.07) is 9.57. The molecule has 4 aromatic rings. The topological polar surface area (TPSA) is 142 Å². The number of fused-ring (bicyclic) bond motifs is 1. The lowest BCUT2D eigenvalue weighted by Crippen LogP contribution is -2.43. The van der Waals surface area contributed by atoms with Gasteiger partial charge in [0.2, 0.25) is 29.4 Å². The largest absolute Gasteiger partial charge is 0.481 e. The number of carbonyl (C=O) groups is 2. The van der Waals surface area contributed by atoms with E-state index in [1.54, 1.807) is 36.4 Å². The fourth-order valence-electron chi connectivity index (χ4n) is 3.67. The number of methoxy groups -OCH3 is 1. The summed E-state index contributed by atoms with van der Waals surface area (Å²) in [5, 5.41) is 6.23. The van der Waals surface area contributed by atoms with Gasteiger partial charge in [-0.2, -0.15) is 4.98 Å². The second-order valence-corrected chi connectivity index (χ2v) is 7.26. The van der Waals surface area contributed by atoms with E-state index >= 15 is 0 Å². The van der Waals surface area contributed by atoms with Gasteiger partial charge in [-0.15, -0.1) is 0 Å². The number of rotatable bonds is 5. The van der Waals surface area contributed by atoms with Crippen molar-refractivity contribution in [2.45, 2.75) is 25.3 Å². The summed E-state index contributed by atoms with van der Waals surface area (Å²) in [5.41, 5.74) is 2.08. The van der Waals surface area contributed by atoms with Gasteiger partial charge in [-0.25, -0.2) is 9.78 Å². The van der Waals surface area contributed by atoms with E-state index in [9.17, 15) is 14.4 Å². The Kier molecular flexibility index (Phi) is 4.77. The molecule has 4 heterocycles. The van der Waals surface area contributed by atoms with Crippen molar-refractivity contribution in [3.05, 3.63) is 58.4 Å². The van der Waals surface area contributed by atoms with Crippen LogP contribution in [0.15, 0.2) is 50.1 Å². The van der Waals surface area contributed by atoms with E-state index in [4.69, 9.17) is 13.7 Å². The van der Waals surface area contributed by atoms with E-state index < -0.39 is 17.7 Å². The third-order valence-corrected chi connectivity index (χ3v) is 5.18. The third-order valence-electron chi connectivity index (χ3n) is 5.18. The molecule has 0 spiro atoms. The number of carbonyl (C=O) groups excluding carboxylic acids is 2. The zero-order chi connectivity index (χ0) is 22.2. The first-order valence-electron chi connectivity index (χ1n) is 9.83. The van der Waals surface area contributed by atoms with Gasteiger partial charge in [-0.05, 0) is 30.2 Å². The van der Waals surface area contributed by atoms with Crippen LogP contribution in [0.1, 0.15) is 30.3 Å². The fourth-order valence-corrected chi connectivity index (χ4v) is 3.67. The number of piperidine rings is 1. The normalized spacial score (nSPS) is 16.3. The molecule has 1 unspecified atom stereocenters. The van der Waals surface area contributed by atoms with Crippen molar-refractivity contribution in [3.8, 4) is 17.4 Å². The molecule has 1 saturated heterocycles. The van der Waals surface area contributed by atoms with Crippen molar-refractivity contribution in [1.29, 1.82) is 0 Å². The molecular formula is C21H17N5O6. The van der Waals surface area contributed by atoms with E-state index in [2.05, 4.69) is 20.4 Å². The second kappa shape index (κ2) is 7.76. The Morgan fingerprint density at radius 2 is 2.06 bits per heavy atom. The zero-order valence-electron chi connectivity index (χ0n) is 16.9. The summed E-state index contributed by atoms with van der Waals surface area (Å²) in [7, 11) is 1.52. The van der Waals surface area contributed by atoms with Gasteiger partial charge in [0.15, 0.2) is 5.58 Å². The Bertz CT molecular complexity index is 1400. The van der Waals surface area contributed by atoms with Crippen LogP contribution in [-0.4, -0.2) is 38.6 Å². The molecule has 32 heavy (non-hydrogen) atoms. The zero-order valence-corrected chi connectivity index (χ0v) is 16.9. The fraction of sp³-hybridized carbons (Fsp3) is 0.238. The predicted octanol–water partition coefficient (Wildman–Crippen LogP) is 1.62. The van der Waals surface area contributed by atoms with Crippen LogP contribution in [0, 0.1) is 0 Å². The number of pyridine rings is 1. The van der Waals surface area contributed by atoms with Crippen molar-refractivity contribution >= 4 is 22.9 Å². The summed E-state index contributed by atoms with van der Waals surface area (Å²) in [4.78, 5) is 44.8. The van der Waals surface area contributed by atoms with Gasteiger partial charge in [-0.1, -0.05) is 17.3 Å². The van der Waals surface area contributed by atoms with E-state index in [1.165, 1.54) is 11.7 Å². The molecule has 11 heteroatoms. The number of nitrogens with one attached hydrogen (secondary N) is 1. The Labute approximate surface area is 180 Å². The van der Waals surface area contributed by atoms with E-state index in [-0.39, 0.29) is 18.7 Å². The van der Waals surface area contributed by atoms with Gasteiger partial charge in [0.25, 0.3) is 0 Å². The summed E-state index contributed by atoms with van der Waals surface area (Å²) in [5.74, 6) is -0.429. The van der Waals surface area contributed by atoms with Crippen LogP contribution in [0.4, 0.5) is 0 Å². The number of amides is 2. The highest BCUT2D eigenvalue weighted by atomic mass is 16.5. The van der Waals surface area contributed by atoms with Crippen LogP contribution in [0.25, 0.3) is 22.6 Å². The first-order valence-corrected chi connectivity index (χ1v) is 9.83. The molecule has 5 rings (SSSR count). The Hall–Kier alpha value is -4.28. The van der Waals surface area contributed by atoms with E-state index in [1.807, 2.05) is 0 Å². The smallest absolute Gasteiger partial charge is 0.420 e. The molecule has 1 atom stereocenters. The molecular weight excluding hydrogens is 418 g/mol. The van der Waals surface area contributed by atoms with Crippen LogP contribution < -0.4 is 15.8 Å². The van der Waals surface area contributed by atoms with Crippen LogP contribution in [0.3, 0.4) is 0 Å².